The van der Waals surface area contributed by atoms with Crippen molar-refractivity contribution in [2.45, 2.75) is 25.8 Å². The van der Waals surface area contributed by atoms with Crippen LogP contribution in [0.5, 0.6) is 0 Å². The number of hydrogen-bond acceptors (Lipinski definition) is 3. The molecular formula is C13H18F3NO2S. The maximum atomic E-state index is 13.2. The fourth-order valence-electron chi connectivity index (χ4n) is 1.96. The Morgan fingerprint density at radius 3 is 2.20 bits per heavy atom. The van der Waals surface area contributed by atoms with Gasteiger partial charge in [-0.1, -0.05) is 6.92 Å². The fourth-order valence-corrected chi connectivity index (χ4v) is 2.65. The summed E-state index contributed by atoms with van der Waals surface area (Å²) in [6, 6.07) is 1.46. The lowest BCUT2D eigenvalue weighted by Gasteiger charge is -2.18. The van der Waals surface area contributed by atoms with E-state index in [4.69, 9.17) is 0 Å². The van der Waals surface area contributed by atoms with Crippen molar-refractivity contribution in [3.63, 3.8) is 0 Å². The predicted molar refractivity (Wildman–Crippen MR) is 71.7 cm³/mol. The Bertz CT molecular complexity index is 538. The maximum Gasteiger partial charge on any atom is 0.194 e. The van der Waals surface area contributed by atoms with E-state index in [2.05, 4.69) is 5.32 Å². The van der Waals surface area contributed by atoms with Crippen LogP contribution >= 0.6 is 0 Å². The molecule has 0 fully saturated rings. The molecule has 1 N–H and O–H groups in total. The van der Waals surface area contributed by atoms with Crippen LogP contribution < -0.4 is 5.32 Å². The number of sulfone groups is 1. The summed E-state index contributed by atoms with van der Waals surface area (Å²) < 4.78 is 61.5. The van der Waals surface area contributed by atoms with Crippen LogP contribution in [0.15, 0.2) is 12.1 Å². The third-order valence-electron chi connectivity index (χ3n) is 2.87. The Labute approximate surface area is 117 Å². The number of benzene rings is 1. The van der Waals surface area contributed by atoms with E-state index in [1.807, 2.05) is 6.92 Å². The van der Waals surface area contributed by atoms with E-state index >= 15 is 0 Å². The van der Waals surface area contributed by atoms with Gasteiger partial charge in [-0.15, -0.1) is 0 Å². The number of nitrogens with one attached hydrogen (secondary N) is 1. The lowest BCUT2D eigenvalue weighted by molar-refractivity contribution is 0.436. The highest BCUT2D eigenvalue weighted by Gasteiger charge is 2.17. The molecule has 0 saturated heterocycles. The maximum absolute atomic E-state index is 13.2. The van der Waals surface area contributed by atoms with Crippen molar-refractivity contribution < 1.29 is 21.6 Å². The largest absolute Gasteiger partial charge is 0.310 e. The van der Waals surface area contributed by atoms with Crippen LogP contribution in [0.3, 0.4) is 0 Å². The highest BCUT2D eigenvalue weighted by molar-refractivity contribution is 7.90. The van der Waals surface area contributed by atoms with Crippen molar-refractivity contribution in [1.29, 1.82) is 0 Å². The van der Waals surface area contributed by atoms with Gasteiger partial charge in [0.05, 0.1) is 0 Å². The van der Waals surface area contributed by atoms with E-state index in [1.54, 1.807) is 0 Å². The lowest BCUT2D eigenvalue weighted by atomic mass is 10.0. The zero-order valence-corrected chi connectivity index (χ0v) is 12.2. The summed E-state index contributed by atoms with van der Waals surface area (Å²) >= 11 is 0. The first-order valence-electron chi connectivity index (χ1n) is 6.30. The summed E-state index contributed by atoms with van der Waals surface area (Å²) in [6.07, 6.45) is 1.88. The number of halogens is 3. The minimum Gasteiger partial charge on any atom is -0.310 e. The second-order valence-corrected chi connectivity index (χ2v) is 6.94. The van der Waals surface area contributed by atoms with Crippen molar-refractivity contribution >= 4 is 9.84 Å². The van der Waals surface area contributed by atoms with Gasteiger partial charge in [0, 0.05) is 18.1 Å². The molecule has 0 aliphatic rings. The van der Waals surface area contributed by atoms with Gasteiger partial charge in [0.25, 0.3) is 0 Å². The molecule has 0 spiro atoms. The summed E-state index contributed by atoms with van der Waals surface area (Å²) in [5, 5.41) is 3.01. The molecule has 1 aromatic rings. The second kappa shape index (κ2) is 7.08. The van der Waals surface area contributed by atoms with Crippen molar-refractivity contribution in [2.75, 3.05) is 18.6 Å². The molecule has 0 aromatic heterocycles. The van der Waals surface area contributed by atoms with Gasteiger partial charge in [-0.2, -0.15) is 0 Å². The summed E-state index contributed by atoms with van der Waals surface area (Å²) in [5.41, 5.74) is 0.275. The summed E-state index contributed by atoms with van der Waals surface area (Å²) in [5.74, 6) is -3.99. The van der Waals surface area contributed by atoms with Crippen molar-refractivity contribution in [2.24, 2.45) is 0 Å². The molecule has 0 radical (unpaired) electrons. The van der Waals surface area contributed by atoms with Crippen LogP contribution in [-0.2, 0) is 9.84 Å². The van der Waals surface area contributed by atoms with Crippen LogP contribution in [0.25, 0.3) is 0 Å². The van der Waals surface area contributed by atoms with E-state index in [0.717, 1.165) is 18.4 Å². The van der Waals surface area contributed by atoms with E-state index in [9.17, 15) is 21.6 Å². The van der Waals surface area contributed by atoms with Crippen LogP contribution in [0.1, 0.15) is 31.4 Å². The molecule has 0 saturated carbocycles. The first-order chi connectivity index (χ1) is 9.24. The fraction of sp³-hybridized carbons (Fsp3) is 0.538. The minimum atomic E-state index is -3.08. The summed E-state index contributed by atoms with van der Waals surface area (Å²) in [4.78, 5) is 0. The average Bonchev–Trinajstić information content (AvgIpc) is 2.33. The molecule has 7 heteroatoms. The second-order valence-electron chi connectivity index (χ2n) is 4.68. The Morgan fingerprint density at radius 1 is 1.20 bits per heavy atom. The lowest BCUT2D eigenvalue weighted by Crippen LogP contribution is -2.22. The van der Waals surface area contributed by atoms with Crippen LogP contribution in [-0.4, -0.2) is 27.0 Å². The number of hydrogen-bond donors (Lipinski definition) is 1. The molecule has 0 aliphatic heterocycles. The number of rotatable bonds is 7. The van der Waals surface area contributed by atoms with Gasteiger partial charge >= 0.3 is 0 Å². The van der Waals surface area contributed by atoms with Gasteiger partial charge in [0.1, 0.15) is 9.84 Å². The van der Waals surface area contributed by atoms with E-state index in [-0.39, 0.29) is 11.3 Å². The molecule has 0 bridgehead atoms. The SMILES string of the molecule is CCNC(CCCS(C)(=O)=O)c1cc(F)c(F)c(F)c1. The average molecular weight is 309 g/mol. The topological polar surface area (TPSA) is 46.2 Å². The van der Waals surface area contributed by atoms with Gasteiger partial charge in [-0.25, -0.2) is 21.6 Å². The molecule has 20 heavy (non-hydrogen) atoms. The van der Waals surface area contributed by atoms with Crippen molar-refractivity contribution in [3.05, 3.63) is 35.1 Å². The first kappa shape index (κ1) is 17.0. The third-order valence-corrected chi connectivity index (χ3v) is 3.90. The zero-order chi connectivity index (χ0) is 15.3. The molecule has 0 aliphatic carbocycles. The van der Waals surface area contributed by atoms with E-state index < -0.39 is 33.3 Å². The highest BCUT2D eigenvalue weighted by Crippen LogP contribution is 2.23. The van der Waals surface area contributed by atoms with Crippen molar-refractivity contribution in [3.8, 4) is 0 Å². The predicted octanol–water partition coefficient (Wildman–Crippen LogP) is 2.58. The van der Waals surface area contributed by atoms with Gasteiger partial charge in [-0.05, 0) is 37.1 Å². The first-order valence-corrected chi connectivity index (χ1v) is 8.36. The smallest absolute Gasteiger partial charge is 0.194 e. The minimum absolute atomic E-state index is 0.00104. The van der Waals surface area contributed by atoms with Crippen LogP contribution in [0.2, 0.25) is 0 Å². The molecule has 114 valence electrons. The molecule has 3 nitrogen and oxygen atoms in total. The summed E-state index contributed by atoms with van der Waals surface area (Å²) in [6.45, 7) is 2.37. The quantitative estimate of drug-likeness (QED) is 0.788. The van der Waals surface area contributed by atoms with Gasteiger partial charge in [0.15, 0.2) is 17.5 Å². The standard InChI is InChI=1S/C13H18F3NO2S/c1-3-17-12(5-4-6-20(2,18)19)9-7-10(14)13(16)11(15)8-9/h7-8,12,17H,3-6H2,1-2H3. The molecule has 1 rings (SSSR count). The zero-order valence-electron chi connectivity index (χ0n) is 11.4. The Hall–Kier alpha value is -1.08. The Balaban J connectivity index is 2.85. The molecular weight excluding hydrogens is 291 g/mol. The molecule has 1 aromatic carbocycles. The molecule has 0 amide bonds. The molecule has 0 heterocycles. The van der Waals surface area contributed by atoms with Crippen LogP contribution in [0, 0.1) is 17.5 Å². The van der Waals surface area contributed by atoms with Crippen LogP contribution in [0.4, 0.5) is 13.2 Å². The normalized spacial score (nSPS) is 13.4. The Kier molecular flexibility index (Phi) is 6.01. The van der Waals surface area contributed by atoms with E-state index in [0.29, 0.717) is 19.4 Å². The third kappa shape index (κ3) is 5.13. The van der Waals surface area contributed by atoms with Gasteiger partial charge < -0.3 is 5.32 Å². The van der Waals surface area contributed by atoms with Gasteiger partial charge in [-0.3, -0.25) is 0 Å². The summed E-state index contributed by atoms with van der Waals surface area (Å²) in [7, 11) is -3.08. The monoisotopic (exact) mass is 309 g/mol. The van der Waals surface area contributed by atoms with Crippen molar-refractivity contribution in [1.82, 2.24) is 5.32 Å². The Morgan fingerprint density at radius 2 is 1.75 bits per heavy atom. The molecule has 1 atom stereocenters. The van der Waals surface area contributed by atoms with E-state index in [1.165, 1.54) is 0 Å². The highest BCUT2D eigenvalue weighted by atomic mass is 32.2. The van der Waals surface area contributed by atoms with Gasteiger partial charge in [0.2, 0.25) is 0 Å². The molecule has 1 unspecified atom stereocenters.